The zero-order valence-corrected chi connectivity index (χ0v) is 33.4. The van der Waals surface area contributed by atoms with Gasteiger partial charge in [0.1, 0.15) is 31.7 Å². The van der Waals surface area contributed by atoms with Crippen LogP contribution in [0.3, 0.4) is 0 Å². The number of aromatic nitrogens is 3. The van der Waals surface area contributed by atoms with Crippen LogP contribution < -0.4 is 10.9 Å². The Kier molecular flexibility index (Phi) is 15.1. The molecule has 1 fully saturated rings. The summed E-state index contributed by atoms with van der Waals surface area (Å²) in [5.74, 6) is 4.26. The van der Waals surface area contributed by atoms with Gasteiger partial charge in [0.25, 0.3) is 5.56 Å². The van der Waals surface area contributed by atoms with E-state index in [0.29, 0.717) is 24.2 Å². The maximum Gasteiger partial charge on any atom is 0.471 e. The Bertz CT molecular complexity index is 1630. The van der Waals surface area contributed by atoms with Crippen molar-refractivity contribution in [2.75, 3.05) is 53.7 Å². The second-order valence-corrected chi connectivity index (χ2v) is 22.0. The number of hydrogen-bond acceptors (Lipinski definition) is 11. The van der Waals surface area contributed by atoms with E-state index < -0.39 is 43.0 Å². The van der Waals surface area contributed by atoms with Crippen molar-refractivity contribution in [3.63, 3.8) is 0 Å². The fourth-order valence-corrected chi connectivity index (χ4v) is 7.56. The zero-order chi connectivity index (χ0) is 38.2. The van der Waals surface area contributed by atoms with E-state index >= 15 is 0 Å². The second-order valence-electron chi connectivity index (χ2n) is 14.2. The number of nitrogens with one attached hydrogen (secondary N) is 2. The van der Waals surface area contributed by atoms with Crippen LogP contribution in [0.25, 0.3) is 11.0 Å². The van der Waals surface area contributed by atoms with Gasteiger partial charge in [-0.25, -0.2) is 4.99 Å². The number of methoxy groups -OCH3 is 1. The highest BCUT2D eigenvalue weighted by Gasteiger charge is 2.43. The highest BCUT2D eigenvalue weighted by molar-refractivity contribution is 8.77. The number of fused-ring (bicyclic) bond motifs is 1. The Morgan fingerprint density at radius 3 is 2.61 bits per heavy atom. The molecule has 0 aromatic carbocycles. The Morgan fingerprint density at radius 1 is 1.27 bits per heavy atom. The summed E-state index contributed by atoms with van der Waals surface area (Å²) in [7, 11) is 5.61. The van der Waals surface area contributed by atoms with Crippen molar-refractivity contribution in [3.05, 3.63) is 22.1 Å². The Balaban J connectivity index is 1.80. The predicted molar refractivity (Wildman–Crippen MR) is 197 cm³/mol. The summed E-state index contributed by atoms with van der Waals surface area (Å²) in [6, 6.07) is 0. The standard InChI is InChI=1S/C32H49F3N6O7S2Si/c1-30(2,3)51(9,10)47-16-23-22(46-19-44-8)14-24(48-23)41-15-21(25-26(41)38-29(39-27(25)42)37-18-40(6)7)12-11-13-45-20-49-50-31(4,5)17-36-28(43)32(33,34)35/h15,18,22-24H,13-14,16-17,19-20H2,1-10H3,(H,36,43)(H,38,39,42)/t22-,23-,24-/m1/s1. The third-order valence-electron chi connectivity index (χ3n) is 8.13. The minimum atomic E-state index is -4.93. The highest BCUT2D eigenvalue weighted by Crippen LogP contribution is 2.39. The summed E-state index contributed by atoms with van der Waals surface area (Å²) >= 11 is 0. The second kappa shape index (κ2) is 18.0. The molecule has 1 saturated heterocycles. The number of halogens is 3. The number of hydrogen-bond donors (Lipinski definition) is 2. The van der Waals surface area contributed by atoms with Gasteiger partial charge < -0.3 is 38.2 Å². The molecule has 2 aromatic rings. The molecule has 1 aliphatic rings. The fourth-order valence-electron chi connectivity index (χ4n) is 4.41. The van der Waals surface area contributed by atoms with Crippen LogP contribution in [0.4, 0.5) is 19.1 Å². The van der Waals surface area contributed by atoms with E-state index in [2.05, 4.69) is 60.7 Å². The van der Waals surface area contributed by atoms with Gasteiger partial charge in [-0.1, -0.05) is 54.2 Å². The van der Waals surface area contributed by atoms with Crippen molar-refractivity contribution in [1.29, 1.82) is 0 Å². The third kappa shape index (κ3) is 12.5. The molecule has 1 aliphatic heterocycles. The van der Waals surface area contributed by atoms with Gasteiger partial charge in [0, 0.05) is 45.1 Å². The van der Waals surface area contributed by atoms with Gasteiger partial charge in [-0.2, -0.15) is 18.2 Å². The molecular formula is C32H49F3N6O7S2Si. The lowest BCUT2D eigenvalue weighted by atomic mass is 10.2. The van der Waals surface area contributed by atoms with Crippen molar-refractivity contribution in [3.8, 4) is 11.8 Å². The molecule has 1 amide bonds. The van der Waals surface area contributed by atoms with E-state index in [1.54, 1.807) is 50.7 Å². The number of carbonyl (C=O) groups is 1. The molecule has 19 heteroatoms. The van der Waals surface area contributed by atoms with Crippen LogP contribution in [0.5, 0.6) is 0 Å². The third-order valence-corrected chi connectivity index (χ3v) is 15.6. The number of amides is 1. The first-order chi connectivity index (χ1) is 23.6. The molecule has 3 atom stereocenters. The minimum Gasteiger partial charge on any atom is -0.414 e. The molecule has 2 N–H and O–H groups in total. The van der Waals surface area contributed by atoms with E-state index in [1.165, 1.54) is 27.9 Å². The lowest BCUT2D eigenvalue weighted by molar-refractivity contribution is -0.173. The molecular weight excluding hydrogens is 730 g/mol. The number of aliphatic imine (C=N–C) groups is 1. The molecule has 0 radical (unpaired) electrons. The van der Waals surface area contributed by atoms with E-state index in [9.17, 15) is 22.8 Å². The van der Waals surface area contributed by atoms with Crippen molar-refractivity contribution < 1.29 is 41.3 Å². The molecule has 2 aromatic heterocycles. The Hall–Kier alpha value is -2.57. The van der Waals surface area contributed by atoms with Crippen LogP contribution in [0.1, 0.15) is 52.8 Å². The topological polar surface area (TPSA) is 142 Å². The van der Waals surface area contributed by atoms with E-state index in [0.717, 1.165) is 0 Å². The largest absolute Gasteiger partial charge is 0.471 e. The highest BCUT2D eigenvalue weighted by atomic mass is 33.1. The number of ether oxygens (including phenoxy) is 4. The van der Waals surface area contributed by atoms with Crippen LogP contribution in [-0.2, 0) is 28.2 Å². The number of rotatable bonds is 16. The minimum absolute atomic E-state index is 0.00305. The molecule has 51 heavy (non-hydrogen) atoms. The predicted octanol–water partition coefficient (Wildman–Crippen LogP) is 5.41. The Labute approximate surface area is 305 Å². The molecule has 0 unspecified atom stereocenters. The molecule has 0 bridgehead atoms. The molecule has 3 rings (SSSR count). The van der Waals surface area contributed by atoms with Crippen LogP contribution in [0.15, 0.2) is 16.0 Å². The van der Waals surface area contributed by atoms with Crippen LogP contribution in [0, 0.1) is 11.8 Å². The van der Waals surface area contributed by atoms with Crippen LogP contribution in [0.2, 0.25) is 18.1 Å². The summed E-state index contributed by atoms with van der Waals surface area (Å²) < 4.78 is 68.4. The first-order valence-corrected chi connectivity index (χ1v) is 21.4. The molecule has 0 saturated carbocycles. The van der Waals surface area contributed by atoms with E-state index in [4.69, 9.17) is 23.4 Å². The summed E-state index contributed by atoms with van der Waals surface area (Å²) in [5, 5.41) is 2.16. The van der Waals surface area contributed by atoms with Gasteiger partial charge >= 0.3 is 12.1 Å². The normalized spacial score (nSPS) is 18.7. The SMILES string of the molecule is COCO[C@@H]1C[C@H](n2cc(C#CCOCSSC(C)(C)CNC(=O)C(F)(F)F)c3c(=O)[nH]c(N=CN(C)C)nc32)O[C@@H]1CO[Si](C)(C)C(C)(C)C. The molecule has 286 valence electrons. The van der Waals surface area contributed by atoms with Crippen molar-refractivity contribution in [2.24, 2.45) is 4.99 Å². The Morgan fingerprint density at radius 2 is 1.98 bits per heavy atom. The number of carbonyl (C=O) groups excluding carboxylic acids is 1. The van der Waals surface area contributed by atoms with Crippen molar-refractivity contribution >= 4 is 59.1 Å². The van der Waals surface area contributed by atoms with E-state index in [1.807, 2.05) is 5.32 Å². The number of alkyl halides is 3. The molecule has 13 nitrogen and oxygen atoms in total. The average Bonchev–Trinajstić information content (AvgIpc) is 3.60. The van der Waals surface area contributed by atoms with Gasteiger partial charge in [0.05, 0.1) is 30.0 Å². The first kappa shape index (κ1) is 42.8. The maximum atomic E-state index is 13.4. The van der Waals surface area contributed by atoms with Gasteiger partial charge in [0.15, 0.2) is 14.0 Å². The summed E-state index contributed by atoms with van der Waals surface area (Å²) in [6.07, 6.45) is -2.57. The maximum absolute atomic E-state index is 13.4. The van der Waals surface area contributed by atoms with E-state index in [-0.39, 0.29) is 48.4 Å². The summed E-state index contributed by atoms with van der Waals surface area (Å²) in [4.78, 5) is 37.9. The monoisotopic (exact) mass is 778 g/mol. The summed E-state index contributed by atoms with van der Waals surface area (Å²) in [5.41, 5.74) is 0.320. The van der Waals surface area contributed by atoms with Crippen LogP contribution in [-0.4, -0.2) is 117 Å². The zero-order valence-electron chi connectivity index (χ0n) is 30.7. The number of nitrogens with zero attached hydrogens (tertiary/aromatic N) is 4. The van der Waals surface area contributed by atoms with Crippen LogP contribution >= 0.6 is 21.6 Å². The van der Waals surface area contributed by atoms with Gasteiger partial charge in [-0.05, 0) is 32.0 Å². The fraction of sp³-hybridized carbons (Fsp3) is 0.688. The smallest absolute Gasteiger partial charge is 0.414 e. The quantitative estimate of drug-likeness (QED) is 0.0430. The molecule has 0 aliphatic carbocycles. The molecule has 3 heterocycles. The lowest BCUT2D eigenvalue weighted by Crippen LogP contribution is -2.44. The van der Waals surface area contributed by atoms with Crippen molar-refractivity contribution in [2.45, 2.75) is 88.5 Å². The van der Waals surface area contributed by atoms with Gasteiger partial charge in [-0.15, -0.1) is 0 Å². The lowest BCUT2D eigenvalue weighted by Gasteiger charge is -2.37. The first-order valence-electron chi connectivity index (χ1n) is 16.1. The molecule has 0 spiro atoms. The number of aromatic amines is 1. The van der Waals surface area contributed by atoms with Gasteiger partial charge in [-0.3, -0.25) is 14.6 Å². The number of H-pyrrole nitrogens is 1. The summed E-state index contributed by atoms with van der Waals surface area (Å²) in [6.45, 7) is 14.5. The van der Waals surface area contributed by atoms with Crippen molar-refractivity contribution in [1.82, 2.24) is 24.8 Å². The average molecular weight is 779 g/mol. The van der Waals surface area contributed by atoms with Gasteiger partial charge in [0.2, 0.25) is 5.95 Å².